The number of hydrogen-bond donors (Lipinski definition) is 2. The fourth-order valence-corrected chi connectivity index (χ4v) is 1.98. The Hall–Kier alpha value is -2.25. The highest BCUT2D eigenvalue weighted by atomic mass is 35.5. The average Bonchev–Trinajstić information content (AvgIpc) is 2.82. The first-order valence-corrected chi connectivity index (χ1v) is 5.89. The smallest absolute Gasteiger partial charge is 0.226 e. The van der Waals surface area contributed by atoms with Crippen molar-refractivity contribution >= 4 is 28.6 Å². The van der Waals surface area contributed by atoms with Gasteiger partial charge in [-0.2, -0.15) is 9.97 Å². The summed E-state index contributed by atoms with van der Waals surface area (Å²) in [4.78, 5) is 16.4. The van der Waals surface area contributed by atoms with Crippen LogP contribution in [-0.2, 0) is 6.54 Å². The Labute approximate surface area is 113 Å². The number of aromatic nitrogens is 5. The summed E-state index contributed by atoms with van der Waals surface area (Å²) in [5.74, 6) is 5.80. The predicted octanol–water partition coefficient (Wildman–Crippen LogP) is 1.21. The van der Waals surface area contributed by atoms with Crippen LogP contribution in [0.1, 0.15) is 5.56 Å². The van der Waals surface area contributed by atoms with E-state index in [0.717, 1.165) is 5.56 Å². The van der Waals surface area contributed by atoms with Crippen molar-refractivity contribution in [3.05, 3.63) is 41.7 Å². The van der Waals surface area contributed by atoms with E-state index >= 15 is 0 Å². The number of nitrogens with zero attached hydrogens (tertiary/aromatic N) is 5. The van der Waals surface area contributed by atoms with E-state index in [4.69, 9.17) is 17.4 Å². The second-order valence-electron chi connectivity index (χ2n) is 3.89. The van der Waals surface area contributed by atoms with Gasteiger partial charge in [0.15, 0.2) is 17.0 Å². The maximum Gasteiger partial charge on any atom is 0.226 e. The molecule has 3 aromatic heterocycles. The molecule has 0 aliphatic heterocycles. The molecule has 3 N–H and O–H groups in total. The van der Waals surface area contributed by atoms with Gasteiger partial charge in [0.2, 0.25) is 5.28 Å². The van der Waals surface area contributed by atoms with Gasteiger partial charge in [-0.1, -0.05) is 0 Å². The molecule has 7 nitrogen and oxygen atoms in total. The highest BCUT2D eigenvalue weighted by molar-refractivity contribution is 6.28. The number of nitrogen functional groups attached to an aromatic ring is 1. The van der Waals surface area contributed by atoms with E-state index in [0.29, 0.717) is 23.5 Å². The first-order valence-electron chi connectivity index (χ1n) is 5.52. The van der Waals surface area contributed by atoms with Crippen LogP contribution in [0.4, 0.5) is 5.82 Å². The molecule has 0 aliphatic rings. The summed E-state index contributed by atoms with van der Waals surface area (Å²) in [6, 6.07) is 3.85. The summed E-state index contributed by atoms with van der Waals surface area (Å²) in [6.07, 6.45) is 5.16. The average molecular weight is 276 g/mol. The van der Waals surface area contributed by atoms with Gasteiger partial charge in [0, 0.05) is 12.4 Å². The van der Waals surface area contributed by atoms with Crippen LogP contribution in [0.5, 0.6) is 0 Å². The molecule has 0 atom stereocenters. The van der Waals surface area contributed by atoms with Crippen molar-refractivity contribution in [1.29, 1.82) is 0 Å². The van der Waals surface area contributed by atoms with Crippen LogP contribution < -0.4 is 11.3 Å². The minimum absolute atomic E-state index is 0.122. The molecule has 0 spiro atoms. The summed E-state index contributed by atoms with van der Waals surface area (Å²) in [6.45, 7) is 0.621. The Kier molecular flexibility index (Phi) is 2.98. The van der Waals surface area contributed by atoms with Crippen LogP contribution >= 0.6 is 11.6 Å². The highest BCUT2D eigenvalue weighted by Gasteiger charge is 2.11. The lowest BCUT2D eigenvalue weighted by Crippen LogP contribution is -2.10. The monoisotopic (exact) mass is 275 g/mol. The SMILES string of the molecule is NNc1nc(Cl)nc2c1ncn2Cc1ccncc1. The number of hydrogen-bond acceptors (Lipinski definition) is 6. The zero-order valence-corrected chi connectivity index (χ0v) is 10.5. The zero-order valence-electron chi connectivity index (χ0n) is 9.79. The number of pyridine rings is 1. The third-order valence-electron chi connectivity index (χ3n) is 2.68. The number of nitrogens with two attached hydrogens (primary N) is 1. The summed E-state index contributed by atoms with van der Waals surface area (Å²) in [5.41, 5.74) is 4.77. The molecule has 0 unspecified atom stereocenters. The molecule has 8 heteroatoms. The third-order valence-corrected chi connectivity index (χ3v) is 2.84. The van der Waals surface area contributed by atoms with Crippen molar-refractivity contribution in [2.45, 2.75) is 6.54 Å². The van der Waals surface area contributed by atoms with Crippen molar-refractivity contribution in [1.82, 2.24) is 24.5 Å². The normalized spacial score (nSPS) is 10.8. The molecule has 96 valence electrons. The molecular weight excluding hydrogens is 266 g/mol. The molecule has 0 aliphatic carbocycles. The number of anilines is 1. The van der Waals surface area contributed by atoms with Gasteiger partial charge >= 0.3 is 0 Å². The highest BCUT2D eigenvalue weighted by Crippen LogP contribution is 2.20. The second-order valence-corrected chi connectivity index (χ2v) is 4.22. The van der Waals surface area contributed by atoms with Crippen LogP contribution in [-0.4, -0.2) is 24.5 Å². The molecule has 0 saturated heterocycles. The maximum absolute atomic E-state index is 5.87. The fourth-order valence-electron chi connectivity index (χ4n) is 1.82. The number of imidazole rings is 1. The summed E-state index contributed by atoms with van der Waals surface area (Å²) in [7, 11) is 0. The van der Waals surface area contributed by atoms with E-state index < -0.39 is 0 Å². The van der Waals surface area contributed by atoms with Crippen molar-refractivity contribution in [3.8, 4) is 0 Å². The molecule has 0 radical (unpaired) electrons. The Morgan fingerprint density at radius 3 is 2.79 bits per heavy atom. The van der Waals surface area contributed by atoms with Crippen molar-refractivity contribution in [2.75, 3.05) is 5.43 Å². The third kappa shape index (κ3) is 2.20. The molecule has 0 saturated carbocycles. The van der Waals surface area contributed by atoms with E-state index in [2.05, 4.69) is 25.4 Å². The summed E-state index contributed by atoms with van der Waals surface area (Å²) >= 11 is 5.87. The topological polar surface area (TPSA) is 94.5 Å². The predicted molar refractivity (Wildman–Crippen MR) is 71.5 cm³/mol. The molecule has 3 rings (SSSR count). The minimum atomic E-state index is 0.122. The lowest BCUT2D eigenvalue weighted by molar-refractivity contribution is 0.811. The van der Waals surface area contributed by atoms with Gasteiger partial charge in [-0.25, -0.2) is 10.8 Å². The number of rotatable bonds is 3. The number of hydrazine groups is 1. The van der Waals surface area contributed by atoms with Crippen molar-refractivity contribution in [3.63, 3.8) is 0 Å². The van der Waals surface area contributed by atoms with E-state index in [1.807, 2.05) is 16.7 Å². The Bertz CT molecular complexity index is 710. The lowest BCUT2D eigenvalue weighted by Gasteiger charge is -2.05. The summed E-state index contributed by atoms with van der Waals surface area (Å²) in [5, 5.41) is 0.122. The number of nitrogens with one attached hydrogen (secondary N) is 1. The second kappa shape index (κ2) is 4.79. The van der Waals surface area contributed by atoms with E-state index in [1.165, 1.54) is 0 Å². The molecule has 0 fully saturated rings. The molecule has 0 amide bonds. The Balaban J connectivity index is 2.08. The van der Waals surface area contributed by atoms with E-state index in [9.17, 15) is 0 Å². The van der Waals surface area contributed by atoms with Crippen molar-refractivity contribution in [2.24, 2.45) is 5.84 Å². The largest absolute Gasteiger partial charge is 0.311 e. The number of fused-ring (bicyclic) bond motifs is 1. The van der Waals surface area contributed by atoms with Gasteiger partial charge in [0.05, 0.1) is 12.9 Å². The van der Waals surface area contributed by atoms with Gasteiger partial charge in [-0.15, -0.1) is 0 Å². The fraction of sp³-hybridized carbons (Fsp3) is 0.0909. The quantitative estimate of drug-likeness (QED) is 0.424. The standard InChI is InChI=1S/C11H10ClN7/c12-11-16-9(18-13)8-10(17-11)19(6-15-8)5-7-1-3-14-4-2-7/h1-4,6H,5,13H2,(H,16,17,18). The first kappa shape index (κ1) is 11.8. The van der Waals surface area contributed by atoms with Gasteiger partial charge in [-0.05, 0) is 29.3 Å². The molecule has 3 heterocycles. The molecule has 0 aromatic carbocycles. The Morgan fingerprint density at radius 1 is 1.26 bits per heavy atom. The van der Waals surface area contributed by atoms with Crippen LogP contribution in [0.15, 0.2) is 30.9 Å². The first-order chi connectivity index (χ1) is 9.28. The molecule has 19 heavy (non-hydrogen) atoms. The maximum atomic E-state index is 5.87. The van der Waals surface area contributed by atoms with Gasteiger partial charge < -0.3 is 9.99 Å². The Morgan fingerprint density at radius 2 is 2.05 bits per heavy atom. The van der Waals surface area contributed by atoms with Crippen LogP contribution in [0, 0.1) is 0 Å². The minimum Gasteiger partial charge on any atom is -0.311 e. The van der Waals surface area contributed by atoms with E-state index in [-0.39, 0.29) is 5.28 Å². The van der Waals surface area contributed by atoms with Crippen LogP contribution in [0.2, 0.25) is 5.28 Å². The molecule has 3 aromatic rings. The van der Waals surface area contributed by atoms with Gasteiger partial charge in [0.25, 0.3) is 0 Å². The van der Waals surface area contributed by atoms with Crippen LogP contribution in [0.25, 0.3) is 11.2 Å². The van der Waals surface area contributed by atoms with Crippen LogP contribution in [0.3, 0.4) is 0 Å². The molecular formula is C11H10ClN7. The zero-order chi connectivity index (χ0) is 13.2. The van der Waals surface area contributed by atoms with Crippen molar-refractivity contribution < 1.29 is 0 Å². The van der Waals surface area contributed by atoms with Gasteiger partial charge in [0.1, 0.15) is 0 Å². The van der Waals surface area contributed by atoms with E-state index in [1.54, 1.807) is 18.7 Å². The van der Waals surface area contributed by atoms with Gasteiger partial charge in [-0.3, -0.25) is 4.98 Å². The lowest BCUT2D eigenvalue weighted by atomic mass is 10.3. The summed E-state index contributed by atoms with van der Waals surface area (Å²) < 4.78 is 1.87. The number of halogens is 1. The molecule has 0 bridgehead atoms.